The number of nitrogens with zero attached hydrogens (tertiary/aromatic N) is 1. The van der Waals surface area contributed by atoms with Gasteiger partial charge in [0.05, 0.1) is 6.10 Å². The third kappa shape index (κ3) is 2.67. The highest BCUT2D eigenvalue weighted by molar-refractivity contribution is 5.64. The lowest BCUT2D eigenvalue weighted by atomic mass is 10.1. The molecule has 5 nitrogen and oxygen atoms in total. The molecule has 0 bridgehead atoms. The second kappa shape index (κ2) is 3.73. The van der Waals surface area contributed by atoms with Gasteiger partial charge in [0.25, 0.3) is 0 Å². The van der Waals surface area contributed by atoms with Crippen LogP contribution in [0.5, 0.6) is 0 Å². The fourth-order valence-corrected chi connectivity index (χ4v) is 1.48. The molecule has 1 saturated heterocycles. The number of carbonyl (C=O) groups is 1. The summed E-state index contributed by atoms with van der Waals surface area (Å²) in [6.45, 7) is 1.26. The Bertz CT molecular complexity index is 164. The summed E-state index contributed by atoms with van der Waals surface area (Å²) >= 11 is 0. The molecule has 1 amide bonds. The molecule has 1 aliphatic rings. The molecule has 3 N–H and O–H groups in total. The minimum absolute atomic E-state index is 0.267. The predicted molar refractivity (Wildman–Crippen MR) is 42.6 cm³/mol. The Morgan fingerprint density at radius 2 is 2.33 bits per heavy atom. The van der Waals surface area contributed by atoms with Crippen LogP contribution in [0.4, 0.5) is 4.79 Å². The fraction of sp³-hybridized carbons (Fsp3) is 0.857. The molecule has 1 rings (SSSR count). The maximum absolute atomic E-state index is 10.4. The van der Waals surface area contributed by atoms with Crippen LogP contribution >= 0.6 is 0 Å². The first-order valence-corrected chi connectivity index (χ1v) is 3.90. The molecule has 0 spiro atoms. The van der Waals surface area contributed by atoms with Gasteiger partial charge in [-0.15, -0.1) is 0 Å². The van der Waals surface area contributed by atoms with Crippen molar-refractivity contribution in [3.8, 4) is 0 Å². The Morgan fingerprint density at radius 1 is 1.67 bits per heavy atom. The number of piperidine rings is 1. The number of hydrogen-bond donors (Lipinski definition) is 2. The van der Waals surface area contributed by atoms with E-state index in [-0.39, 0.29) is 6.10 Å². The highest BCUT2D eigenvalue weighted by Crippen LogP contribution is 2.11. The second-order valence-electron chi connectivity index (χ2n) is 3.17. The summed E-state index contributed by atoms with van der Waals surface area (Å²) in [5.74, 6) is 0. The van der Waals surface area contributed by atoms with Crippen LogP contribution in [-0.4, -0.2) is 48.4 Å². The van der Waals surface area contributed by atoms with Gasteiger partial charge in [-0.2, -0.15) is 0 Å². The van der Waals surface area contributed by atoms with E-state index >= 15 is 0 Å². The molecule has 0 aromatic heterocycles. The highest BCUT2D eigenvalue weighted by atomic mass is 16.6. The van der Waals surface area contributed by atoms with Gasteiger partial charge in [-0.3, -0.25) is 0 Å². The maximum Gasteiger partial charge on any atom is 0.404 e. The van der Waals surface area contributed by atoms with E-state index < -0.39 is 12.2 Å². The smallest absolute Gasteiger partial charge is 0.404 e. The molecule has 1 fully saturated rings. The summed E-state index contributed by atoms with van der Waals surface area (Å²) in [7, 11) is 1.86. The number of likely N-dealkylation sites (N-methyl/N-ethyl adjacent to an activating group) is 1. The molecule has 0 saturated carbocycles. The summed E-state index contributed by atoms with van der Waals surface area (Å²) in [4.78, 5) is 12.3. The second-order valence-corrected chi connectivity index (χ2v) is 3.17. The number of nitrogens with two attached hydrogens (primary N) is 1. The lowest BCUT2D eigenvalue weighted by molar-refractivity contribution is -0.00595. The molecule has 0 aromatic rings. The van der Waals surface area contributed by atoms with E-state index in [9.17, 15) is 9.90 Å². The number of β-amino-alcohol motifs (C(OH)–C–C–N with tert-alkyl or cyclic N) is 1. The standard InChI is InChI=1S/C7H14N2O3/c1-9-3-5(10)2-6(4-9)12-7(8)11/h5-6,10H,2-4H2,1H3,(H2,8,11). The molecule has 0 radical (unpaired) electrons. The van der Waals surface area contributed by atoms with Crippen molar-refractivity contribution in [1.82, 2.24) is 4.90 Å². The molecular formula is C7H14N2O3. The van der Waals surface area contributed by atoms with E-state index in [0.717, 1.165) is 0 Å². The predicted octanol–water partition coefficient (Wildman–Crippen LogP) is -0.853. The van der Waals surface area contributed by atoms with Crippen LogP contribution in [-0.2, 0) is 4.74 Å². The summed E-state index contributed by atoms with van der Waals surface area (Å²) in [6.07, 6.45) is -0.986. The molecule has 1 heterocycles. The average molecular weight is 174 g/mol. The van der Waals surface area contributed by atoms with Gasteiger partial charge in [-0.05, 0) is 7.05 Å². The monoisotopic (exact) mass is 174 g/mol. The topological polar surface area (TPSA) is 75.8 Å². The van der Waals surface area contributed by atoms with Gasteiger partial charge >= 0.3 is 6.09 Å². The number of primary amides is 1. The molecule has 12 heavy (non-hydrogen) atoms. The van der Waals surface area contributed by atoms with E-state index in [4.69, 9.17) is 10.5 Å². The number of aliphatic hydroxyl groups is 1. The van der Waals surface area contributed by atoms with Gasteiger partial charge in [-0.25, -0.2) is 4.79 Å². The van der Waals surface area contributed by atoms with Gasteiger partial charge in [0.15, 0.2) is 0 Å². The number of ether oxygens (including phenoxy) is 1. The van der Waals surface area contributed by atoms with Crippen molar-refractivity contribution in [3.05, 3.63) is 0 Å². The van der Waals surface area contributed by atoms with Crippen molar-refractivity contribution in [2.24, 2.45) is 5.73 Å². The van der Waals surface area contributed by atoms with Gasteiger partial charge in [0, 0.05) is 19.5 Å². The quantitative estimate of drug-likeness (QED) is 0.542. The van der Waals surface area contributed by atoms with Gasteiger partial charge in [0.1, 0.15) is 6.10 Å². The third-order valence-electron chi connectivity index (χ3n) is 1.86. The number of likely N-dealkylation sites (tertiary alicyclic amines) is 1. The van der Waals surface area contributed by atoms with Gasteiger partial charge in [0.2, 0.25) is 0 Å². The number of carbonyl (C=O) groups excluding carboxylic acids is 1. The van der Waals surface area contributed by atoms with E-state index in [1.807, 2.05) is 11.9 Å². The van der Waals surface area contributed by atoms with E-state index in [1.54, 1.807) is 0 Å². The van der Waals surface area contributed by atoms with Crippen LogP contribution < -0.4 is 5.73 Å². The van der Waals surface area contributed by atoms with Crippen LogP contribution in [0.3, 0.4) is 0 Å². The zero-order valence-electron chi connectivity index (χ0n) is 7.06. The van der Waals surface area contributed by atoms with Gasteiger partial charge < -0.3 is 20.5 Å². The molecule has 2 atom stereocenters. The Hall–Kier alpha value is -0.810. The minimum atomic E-state index is -0.775. The third-order valence-corrected chi connectivity index (χ3v) is 1.86. The summed E-state index contributed by atoms with van der Waals surface area (Å²) < 4.78 is 4.77. The molecule has 2 unspecified atom stereocenters. The summed E-state index contributed by atoms with van der Waals surface area (Å²) in [6, 6.07) is 0. The number of rotatable bonds is 1. The van der Waals surface area contributed by atoms with E-state index in [2.05, 4.69) is 0 Å². The van der Waals surface area contributed by atoms with Crippen LogP contribution in [0, 0.1) is 0 Å². The molecule has 5 heteroatoms. The Balaban J connectivity index is 2.38. The largest absolute Gasteiger partial charge is 0.445 e. The summed E-state index contributed by atoms with van der Waals surface area (Å²) in [5, 5.41) is 9.29. The van der Waals surface area contributed by atoms with Crippen LogP contribution in [0.15, 0.2) is 0 Å². The highest BCUT2D eigenvalue weighted by Gasteiger charge is 2.25. The molecular weight excluding hydrogens is 160 g/mol. The van der Waals surface area contributed by atoms with Crippen molar-refractivity contribution in [3.63, 3.8) is 0 Å². The van der Waals surface area contributed by atoms with Crippen molar-refractivity contribution in [2.45, 2.75) is 18.6 Å². The van der Waals surface area contributed by atoms with Gasteiger partial charge in [-0.1, -0.05) is 0 Å². The SMILES string of the molecule is CN1CC(O)CC(OC(N)=O)C1. The average Bonchev–Trinajstić information content (AvgIpc) is 1.81. The van der Waals surface area contributed by atoms with Crippen molar-refractivity contribution < 1.29 is 14.6 Å². The molecule has 1 aliphatic heterocycles. The summed E-state index contributed by atoms with van der Waals surface area (Å²) in [5.41, 5.74) is 4.85. The van der Waals surface area contributed by atoms with Crippen LogP contribution in [0.25, 0.3) is 0 Å². The minimum Gasteiger partial charge on any atom is -0.445 e. The first-order valence-electron chi connectivity index (χ1n) is 3.90. The number of aliphatic hydroxyl groups excluding tert-OH is 1. The molecule has 0 aliphatic carbocycles. The normalized spacial score (nSPS) is 31.5. The molecule has 0 aromatic carbocycles. The Morgan fingerprint density at radius 3 is 2.83 bits per heavy atom. The zero-order chi connectivity index (χ0) is 9.14. The Labute approximate surface area is 71.1 Å². The van der Waals surface area contributed by atoms with Crippen molar-refractivity contribution in [1.29, 1.82) is 0 Å². The fourth-order valence-electron chi connectivity index (χ4n) is 1.48. The van der Waals surface area contributed by atoms with Crippen molar-refractivity contribution in [2.75, 3.05) is 20.1 Å². The maximum atomic E-state index is 10.4. The lowest BCUT2D eigenvalue weighted by Gasteiger charge is -2.32. The molecule has 70 valence electrons. The van der Waals surface area contributed by atoms with Crippen LogP contribution in [0.1, 0.15) is 6.42 Å². The van der Waals surface area contributed by atoms with E-state index in [1.165, 1.54) is 0 Å². The van der Waals surface area contributed by atoms with Crippen molar-refractivity contribution >= 4 is 6.09 Å². The Kier molecular flexibility index (Phi) is 2.88. The lowest BCUT2D eigenvalue weighted by Crippen LogP contribution is -2.45. The zero-order valence-corrected chi connectivity index (χ0v) is 7.06. The van der Waals surface area contributed by atoms with E-state index in [0.29, 0.717) is 19.5 Å². The first kappa shape index (κ1) is 9.28. The number of amides is 1. The number of hydrogen-bond acceptors (Lipinski definition) is 4. The van der Waals surface area contributed by atoms with Crippen LogP contribution in [0.2, 0.25) is 0 Å². The first-order chi connectivity index (χ1) is 5.58.